The van der Waals surface area contributed by atoms with E-state index in [4.69, 9.17) is 5.73 Å². The average Bonchev–Trinajstić information content (AvgIpc) is 2.46. The summed E-state index contributed by atoms with van der Waals surface area (Å²) in [5.41, 5.74) is 6.52. The minimum absolute atomic E-state index is 0.228. The number of hydrogen-bond donors (Lipinski definition) is 1. The van der Waals surface area contributed by atoms with Crippen LogP contribution in [0.3, 0.4) is 0 Å². The van der Waals surface area contributed by atoms with Gasteiger partial charge in [0.25, 0.3) is 0 Å². The molecule has 0 spiro atoms. The third-order valence-corrected chi connectivity index (χ3v) is 3.67. The highest BCUT2D eigenvalue weighted by atomic mass is 19.1. The fraction of sp³-hybridized carbons (Fsp3) is 0.444. The second-order valence-corrected chi connectivity index (χ2v) is 5.51. The highest BCUT2D eigenvalue weighted by Crippen LogP contribution is 2.28. The summed E-state index contributed by atoms with van der Waals surface area (Å²) in [6.07, 6.45) is 6.45. The molecule has 116 valence electrons. The third kappa shape index (κ3) is 5.10. The molecule has 0 fully saturated rings. The molecule has 0 bridgehead atoms. The van der Waals surface area contributed by atoms with Crippen molar-refractivity contribution in [2.45, 2.75) is 31.7 Å². The van der Waals surface area contributed by atoms with Gasteiger partial charge in [0.05, 0.1) is 5.54 Å². The summed E-state index contributed by atoms with van der Waals surface area (Å²) in [5, 5.41) is 0. The van der Waals surface area contributed by atoms with Crippen molar-refractivity contribution in [2.24, 2.45) is 5.73 Å². The van der Waals surface area contributed by atoms with Gasteiger partial charge in [-0.2, -0.15) is 0 Å². The molecule has 0 heterocycles. The summed E-state index contributed by atoms with van der Waals surface area (Å²) in [6, 6.07) is 6.82. The van der Waals surface area contributed by atoms with Gasteiger partial charge in [-0.25, -0.2) is 4.39 Å². The lowest BCUT2D eigenvalue weighted by molar-refractivity contribution is 0.226. The number of unbranched alkanes of at least 4 members (excludes halogenated alkanes) is 1. The van der Waals surface area contributed by atoms with E-state index in [9.17, 15) is 4.39 Å². The lowest BCUT2D eigenvalue weighted by Gasteiger charge is -2.35. The van der Waals surface area contributed by atoms with Crippen LogP contribution in [0.25, 0.3) is 0 Å². The zero-order valence-corrected chi connectivity index (χ0v) is 13.0. The standard InChI is InChI=1S/C18H27FN2/c1-4-7-12-18(20,15-21(13-5-2)14-6-3)16-10-8-9-11-17(16)19/h5-6,8-11H,2-4,7,12-15,20H2,1H3. The second-order valence-electron chi connectivity index (χ2n) is 5.51. The minimum atomic E-state index is -0.687. The first-order valence-electron chi connectivity index (χ1n) is 7.55. The van der Waals surface area contributed by atoms with Gasteiger partial charge in [0.1, 0.15) is 5.82 Å². The number of nitrogens with two attached hydrogens (primary N) is 1. The molecule has 2 nitrogen and oxygen atoms in total. The van der Waals surface area contributed by atoms with Crippen molar-refractivity contribution < 1.29 is 4.39 Å². The first kappa shape index (κ1) is 17.6. The Hall–Kier alpha value is -1.45. The molecule has 1 aromatic rings. The Balaban J connectivity index is 3.04. The maximum Gasteiger partial charge on any atom is 0.128 e. The smallest absolute Gasteiger partial charge is 0.128 e. The fourth-order valence-corrected chi connectivity index (χ4v) is 2.62. The van der Waals surface area contributed by atoms with Crippen LogP contribution >= 0.6 is 0 Å². The third-order valence-electron chi connectivity index (χ3n) is 3.67. The van der Waals surface area contributed by atoms with E-state index in [2.05, 4.69) is 25.0 Å². The fourth-order valence-electron chi connectivity index (χ4n) is 2.62. The summed E-state index contributed by atoms with van der Waals surface area (Å²) in [6.45, 7) is 11.7. The molecule has 1 unspecified atom stereocenters. The van der Waals surface area contributed by atoms with Crippen LogP contribution < -0.4 is 5.73 Å². The predicted molar refractivity (Wildman–Crippen MR) is 88.6 cm³/mol. The van der Waals surface area contributed by atoms with Gasteiger partial charge in [-0.05, 0) is 12.5 Å². The van der Waals surface area contributed by atoms with Gasteiger partial charge in [-0.15, -0.1) is 13.2 Å². The van der Waals surface area contributed by atoms with Crippen molar-refractivity contribution in [3.05, 3.63) is 61.0 Å². The van der Waals surface area contributed by atoms with Crippen molar-refractivity contribution in [1.29, 1.82) is 0 Å². The predicted octanol–water partition coefficient (Wildman–Crippen LogP) is 3.84. The van der Waals surface area contributed by atoms with Crippen LogP contribution in [-0.2, 0) is 5.54 Å². The zero-order valence-electron chi connectivity index (χ0n) is 13.0. The molecule has 21 heavy (non-hydrogen) atoms. The Labute approximate surface area is 128 Å². The Morgan fingerprint density at radius 1 is 1.24 bits per heavy atom. The van der Waals surface area contributed by atoms with Crippen LogP contribution in [0.15, 0.2) is 49.6 Å². The molecule has 1 aromatic carbocycles. The number of benzene rings is 1. The molecule has 0 saturated heterocycles. The van der Waals surface area contributed by atoms with Crippen LogP contribution in [0.2, 0.25) is 0 Å². The SMILES string of the molecule is C=CCN(CC=C)CC(N)(CCCC)c1ccccc1F. The molecule has 0 aliphatic rings. The first-order chi connectivity index (χ1) is 10.1. The summed E-state index contributed by atoms with van der Waals surface area (Å²) in [4.78, 5) is 2.14. The summed E-state index contributed by atoms with van der Waals surface area (Å²) in [5.74, 6) is -0.228. The van der Waals surface area contributed by atoms with E-state index in [-0.39, 0.29) is 5.82 Å². The molecule has 0 aliphatic carbocycles. The van der Waals surface area contributed by atoms with Gasteiger partial charge < -0.3 is 5.73 Å². The molecule has 0 saturated carbocycles. The first-order valence-corrected chi connectivity index (χ1v) is 7.55. The molecule has 0 aromatic heterocycles. The van der Waals surface area contributed by atoms with Crippen molar-refractivity contribution in [1.82, 2.24) is 4.90 Å². The van der Waals surface area contributed by atoms with Gasteiger partial charge in [0.2, 0.25) is 0 Å². The zero-order chi connectivity index (χ0) is 15.7. The normalized spacial score (nSPS) is 13.9. The topological polar surface area (TPSA) is 29.3 Å². The van der Waals surface area contributed by atoms with E-state index in [0.29, 0.717) is 25.2 Å². The van der Waals surface area contributed by atoms with E-state index in [1.54, 1.807) is 12.1 Å². The van der Waals surface area contributed by atoms with Gasteiger partial charge in [0, 0.05) is 25.2 Å². The summed E-state index contributed by atoms with van der Waals surface area (Å²) in [7, 11) is 0. The lowest BCUT2D eigenvalue weighted by atomic mass is 9.85. The molecule has 0 aliphatic heterocycles. The van der Waals surface area contributed by atoms with E-state index < -0.39 is 5.54 Å². The molecule has 3 heteroatoms. The molecule has 0 radical (unpaired) electrons. The highest BCUT2D eigenvalue weighted by Gasteiger charge is 2.31. The number of rotatable bonds is 10. The molecular weight excluding hydrogens is 263 g/mol. The van der Waals surface area contributed by atoms with Crippen LogP contribution in [0.4, 0.5) is 4.39 Å². The Bertz CT molecular complexity index is 448. The number of halogens is 1. The quantitative estimate of drug-likeness (QED) is 0.663. The van der Waals surface area contributed by atoms with E-state index >= 15 is 0 Å². The van der Waals surface area contributed by atoms with Crippen molar-refractivity contribution in [3.63, 3.8) is 0 Å². The Morgan fingerprint density at radius 3 is 2.38 bits per heavy atom. The van der Waals surface area contributed by atoms with E-state index in [1.165, 1.54) is 6.07 Å². The summed E-state index contributed by atoms with van der Waals surface area (Å²) >= 11 is 0. The molecule has 1 atom stereocenters. The molecular formula is C18H27FN2. The second kappa shape index (κ2) is 8.75. The monoisotopic (exact) mass is 290 g/mol. The maximum atomic E-state index is 14.2. The van der Waals surface area contributed by atoms with E-state index in [1.807, 2.05) is 18.2 Å². The van der Waals surface area contributed by atoms with Crippen LogP contribution in [-0.4, -0.2) is 24.5 Å². The van der Waals surface area contributed by atoms with Gasteiger partial charge >= 0.3 is 0 Å². The largest absolute Gasteiger partial charge is 0.320 e. The van der Waals surface area contributed by atoms with Crippen molar-refractivity contribution in [3.8, 4) is 0 Å². The lowest BCUT2D eigenvalue weighted by Crippen LogP contribution is -2.48. The van der Waals surface area contributed by atoms with Crippen molar-refractivity contribution in [2.75, 3.05) is 19.6 Å². The van der Waals surface area contributed by atoms with Crippen LogP contribution in [0, 0.1) is 5.82 Å². The van der Waals surface area contributed by atoms with E-state index in [0.717, 1.165) is 19.3 Å². The minimum Gasteiger partial charge on any atom is -0.320 e. The Kier molecular flexibility index (Phi) is 7.34. The molecule has 2 N–H and O–H groups in total. The highest BCUT2D eigenvalue weighted by molar-refractivity contribution is 5.26. The summed E-state index contributed by atoms with van der Waals surface area (Å²) < 4.78 is 14.2. The number of nitrogens with zero attached hydrogens (tertiary/aromatic N) is 1. The van der Waals surface area contributed by atoms with Gasteiger partial charge in [-0.1, -0.05) is 50.1 Å². The van der Waals surface area contributed by atoms with Crippen molar-refractivity contribution >= 4 is 0 Å². The van der Waals surface area contributed by atoms with Crippen LogP contribution in [0.5, 0.6) is 0 Å². The number of hydrogen-bond acceptors (Lipinski definition) is 2. The van der Waals surface area contributed by atoms with Gasteiger partial charge in [0.15, 0.2) is 0 Å². The van der Waals surface area contributed by atoms with Crippen LogP contribution in [0.1, 0.15) is 31.7 Å². The van der Waals surface area contributed by atoms with Gasteiger partial charge in [-0.3, -0.25) is 4.90 Å². The maximum absolute atomic E-state index is 14.2. The Morgan fingerprint density at radius 2 is 1.86 bits per heavy atom. The molecule has 1 rings (SSSR count). The average molecular weight is 290 g/mol. The molecule has 0 amide bonds.